The number of thioether (sulfide) groups is 1. The van der Waals surface area contributed by atoms with Gasteiger partial charge in [0.25, 0.3) is 0 Å². The smallest absolute Gasteiger partial charge is 0.110 e. The Morgan fingerprint density at radius 1 is 1.33 bits per heavy atom. The molecule has 0 bridgehead atoms. The predicted octanol–water partition coefficient (Wildman–Crippen LogP) is 3.21. The van der Waals surface area contributed by atoms with Gasteiger partial charge in [0, 0.05) is 22.0 Å². The lowest BCUT2D eigenvalue weighted by Gasteiger charge is -2.25. The summed E-state index contributed by atoms with van der Waals surface area (Å²) in [4.78, 5) is 4.38. The summed E-state index contributed by atoms with van der Waals surface area (Å²) in [7, 11) is 0. The van der Waals surface area contributed by atoms with E-state index in [1.54, 1.807) is 0 Å². The van der Waals surface area contributed by atoms with Crippen LogP contribution in [0, 0.1) is 0 Å². The zero-order valence-corrected chi connectivity index (χ0v) is 10.9. The van der Waals surface area contributed by atoms with E-state index in [1.165, 1.54) is 12.8 Å². The van der Waals surface area contributed by atoms with Crippen LogP contribution in [-0.2, 0) is 0 Å². The fraction of sp³-hybridized carbons (Fsp3) is 0.545. The van der Waals surface area contributed by atoms with Crippen LogP contribution in [0.15, 0.2) is 27.8 Å². The van der Waals surface area contributed by atoms with Gasteiger partial charge in [-0.1, -0.05) is 0 Å². The SMILES string of the molecule is NC1CCC(Sc2ncccc2Br)CC1. The Balaban J connectivity index is 1.95. The molecule has 1 aromatic rings. The lowest BCUT2D eigenvalue weighted by Crippen LogP contribution is -2.27. The second-order valence-electron chi connectivity index (χ2n) is 3.95. The molecule has 1 aromatic heterocycles. The van der Waals surface area contributed by atoms with Crippen molar-refractivity contribution in [3.05, 3.63) is 22.8 Å². The maximum absolute atomic E-state index is 5.89. The summed E-state index contributed by atoms with van der Waals surface area (Å²) in [5.41, 5.74) is 5.89. The Hall–Kier alpha value is -0.0600. The molecule has 0 aliphatic heterocycles. The molecule has 0 saturated heterocycles. The minimum atomic E-state index is 0.425. The van der Waals surface area contributed by atoms with Crippen molar-refractivity contribution in [1.29, 1.82) is 0 Å². The van der Waals surface area contributed by atoms with E-state index < -0.39 is 0 Å². The Bertz CT molecular complexity index is 324. The molecule has 4 heteroatoms. The van der Waals surface area contributed by atoms with Crippen molar-refractivity contribution in [3.8, 4) is 0 Å². The molecule has 82 valence electrons. The third-order valence-electron chi connectivity index (χ3n) is 2.72. The summed E-state index contributed by atoms with van der Waals surface area (Å²) in [5, 5.41) is 1.80. The third kappa shape index (κ3) is 3.20. The van der Waals surface area contributed by atoms with E-state index in [4.69, 9.17) is 5.73 Å². The first kappa shape index (κ1) is 11.4. The molecule has 15 heavy (non-hydrogen) atoms. The number of nitrogens with zero attached hydrogens (tertiary/aromatic N) is 1. The van der Waals surface area contributed by atoms with Gasteiger partial charge >= 0.3 is 0 Å². The summed E-state index contributed by atoms with van der Waals surface area (Å²) in [6.45, 7) is 0. The van der Waals surface area contributed by atoms with E-state index in [1.807, 2.05) is 30.1 Å². The lowest BCUT2D eigenvalue weighted by molar-refractivity contribution is 0.450. The van der Waals surface area contributed by atoms with E-state index in [0.29, 0.717) is 11.3 Å². The summed E-state index contributed by atoms with van der Waals surface area (Å²) in [6.07, 6.45) is 6.59. The van der Waals surface area contributed by atoms with E-state index in [9.17, 15) is 0 Å². The van der Waals surface area contributed by atoms with Crippen LogP contribution >= 0.6 is 27.7 Å². The van der Waals surface area contributed by atoms with Crippen molar-refractivity contribution in [2.24, 2.45) is 5.73 Å². The first-order valence-electron chi connectivity index (χ1n) is 5.28. The average molecular weight is 287 g/mol. The first-order chi connectivity index (χ1) is 7.25. The second-order valence-corrected chi connectivity index (χ2v) is 6.09. The highest BCUT2D eigenvalue weighted by Gasteiger charge is 2.20. The normalized spacial score (nSPS) is 26.5. The largest absolute Gasteiger partial charge is 0.328 e. The molecule has 2 N–H and O–H groups in total. The molecule has 1 aliphatic rings. The highest BCUT2D eigenvalue weighted by molar-refractivity contribution is 9.10. The third-order valence-corrected chi connectivity index (χ3v) is 4.98. The summed E-state index contributed by atoms with van der Waals surface area (Å²) in [5.74, 6) is 0. The second kappa shape index (κ2) is 5.32. The molecule has 1 saturated carbocycles. The summed E-state index contributed by atoms with van der Waals surface area (Å²) < 4.78 is 1.10. The predicted molar refractivity (Wildman–Crippen MR) is 68.0 cm³/mol. The number of pyridine rings is 1. The monoisotopic (exact) mass is 286 g/mol. The molecule has 0 aromatic carbocycles. The van der Waals surface area contributed by atoms with Gasteiger partial charge < -0.3 is 5.73 Å². The molecule has 2 rings (SSSR count). The molecule has 1 heterocycles. The fourth-order valence-corrected chi connectivity index (χ4v) is 3.48. The van der Waals surface area contributed by atoms with Crippen molar-refractivity contribution in [2.75, 3.05) is 0 Å². The maximum Gasteiger partial charge on any atom is 0.110 e. The van der Waals surface area contributed by atoms with Crippen LogP contribution < -0.4 is 5.73 Å². The molecule has 1 aliphatic carbocycles. The van der Waals surface area contributed by atoms with E-state index in [0.717, 1.165) is 22.3 Å². The molecule has 2 nitrogen and oxygen atoms in total. The molecule has 0 atom stereocenters. The lowest BCUT2D eigenvalue weighted by atomic mass is 9.96. The average Bonchev–Trinajstić information content (AvgIpc) is 2.25. The van der Waals surface area contributed by atoms with E-state index in [-0.39, 0.29) is 0 Å². The zero-order valence-electron chi connectivity index (χ0n) is 8.53. The van der Waals surface area contributed by atoms with E-state index >= 15 is 0 Å². The van der Waals surface area contributed by atoms with Gasteiger partial charge in [-0.25, -0.2) is 4.98 Å². The van der Waals surface area contributed by atoms with Crippen molar-refractivity contribution >= 4 is 27.7 Å². The summed E-state index contributed by atoms with van der Waals surface area (Å²) >= 11 is 5.41. The molecule has 0 unspecified atom stereocenters. The number of halogens is 1. The standard InChI is InChI=1S/C11H15BrN2S/c12-10-2-1-7-14-11(10)15-9-5-3-8(13)4-6-9/h1-2,7-9H,3-6,13H2. The van der Waals surface area contributed by atoms with Gasteiger partial charge in [-0.15, -0.1) is 11.8 Å². The van der Waals surface area contributed by atoms with Crippen LogP contribution in [-0.4, -0.2) is 16.3 Å². The van der Waals surface area contributed by atoms with Gasteiger partial charge in [-0.05, 0) is 53.7 Å². The van der Waals surface area contributed by atoms with Crippen molar-refractivity contribution in [2.45, 2.75) is 42.0 Å². The topological polar surface area (TPSA) is 38.9 Å². The Kier molecular flexibility index (Phi) is 4.05. The number of aromatic nitrogens is 1. The van der Waals surface area contributed by atoms with E-state index in [2.05, 4.69) is 20.9 Å². The van der Waals surface area contributed by atoms with Crippen LogP contribution in [0.1, 0.15) is 25.7 Å². The fourth-order valence-electron chi connectivity index (χ4n) is 1.82. The van der Waals surface area contributed by atoms with Gasteiger partial charge in [-0.3, -0.25) is 0 Å². The van der Waals surface area contributed by atoms with Crippen LogP contribution in [0.3, 0.4) is 0 Å². The number of hydrogen-bond donors (Lipinski definition) is 1. The van der Waals surface area contributed by atoms with Gasteiger partial charge in [0.2, 0.25) is 0 Å². The minimum absolute atomic E-state index is 0.425. The molecule has 1 fully saturated rings. The Morgan fingerprint density at radius 2 is 2.07 bits per heavy atom. The highest BCUT2D eigenvalue weighted by Crippen LogP contribution is 2.35. The highest BCUT2D eigenvalue weighted by atomic mass is 79.9. The molecule has 0 amide bonds. The van der Waals surface area contributed by atoms with Crippen molar-refractivity contribution in [1.82, 2.24) is 4.98 Å². The van der Waals surface area contributed by atoms with Crippen molar-refractivity contribution < 1.29 is 0 Å². The van der Waals surface area contributed by atoms with Crippen LogP contribution in [0.25, 0.3) is 0 Å². The van der Waals surface area contributed by atoms with Gasteiger partial charge in [-0.2, -0.15) is 0 Å². The van der Waals surface area contributed by atoms with Crippen LogP contribution in [0.2, 0.25) is 0 Å². The Morgan fingerprint density at radius 3 is 2.73 bits per heavy atom. The number of hydrogen-bond acceptors (Lipinski definition) is 3. The van der Waals surface area contributed by atoms with Gasteiger partial charge in [0.1, 0.15) is 5.03 Å². The minimum Gasteiger partial charge on any atom is -0.328 e. The summed E-state index contributed by atoms with van der Waals surface area (Å²) in [6, 6.07) is 4.42. The van der Waals surface area contributed by atoms with Gasteiger partial charge in [0.15, 0.2) is 0 Å². The van der Waals surface area contributed by atoms with Crippen LogP contribution in [0.5, 0.6) is 0 Å². The maximum atomic E-state index is 5.89. The molecule has 0 radical (unpaired) electrons. The van der Waals surface area contributed by atoms with Gasteiger partial charge in [0.05, 0.1) is 0 Å². The number of rotatable bonds is 2. The molecular formula is C11H15BrN2S. The quantitative estimate of drug-likeness (QED) is 0.907. The first-order valence-corrected chi connectivity index (χ1v) is 6.95. The number of nitrogens with two attached hydrogens (primary N) is 1. The van der Waals surface area contributed by atoms with Crippen LogP contribution in [0.4, 0.5) is 0 Å². The Labute approximate surface area is 103 Å². The molecule has 0 spiro atoms. The zero-order chi connectivity index (χ0) is 10.7. The van der Waals surface area contributed by atoms with Crippen molar-refractivity contribution in [3.63, 3.8) is 0 Å². The molecular weight excluding hydrogens is 272 g/mol.